The third-order valence-corrected chi connectivity index (χ3v) is 5.70. The molecule has 1 unspecified atom stereocenters. The van der Waals surface area contributed by atoms with Gasteiger partial charge in [-0.3, -0.25) is 0 Å². The molecule has 1 atom stereocenters. The Morgan fingerprint density at radius 2 is 1.64 bits per heavy atom. The zero-order chi connectivity index (χ0) is 20.1. The van der Waals surface area contributed by atoms with Crippen molar-refractivity contribution in [3.05, 3.63) is 42.0 Å². The number of amides is 2. The Balaban J connectivity index is 1.84. The van der Waals surface area contributed by atoms with Crippen molar-refractivity contribution in [2.75, 3.05) is 46.1 Å². The molecule has 2 aromatic rings. The van der Waals surface area contributed by atoms with Crippen LogP contribution in [-0.4, -0.2) is 51.7 Å². The van der Waals surface area contributed by atoms with Crippen molar-refractivity contribution in [1.29, 1.82) is 0 Å². The second kappa shape index (κ2) is 8.97. The Kier molecular flexibility index (Phi) is 6.41. The monoisotopic (exact) mass is 404 g/mol. The molecule has 0 saturated carbocycles. The maximum atomic E-state index is 13.0. The number of thioether (sulfide) groups is 1. The number of nitrogens with zero attached hydrogens (tertiary/aromatic N) is 1. The Morgan fingerprint density at radius 1 is 0.964 bits per heavy atom. The first-order chi connectivity index (χ1) is 13.6. The normalized spacial score (nSPS) is 15.9. The molecule has 7 nitrogen and oxygen atoms in total. The zero-order valence-electron chi connectivity index (χ0n) is 16.4. The van der Waals surface area contributed by atoms with Gasteiger partial charge in [-0.2, -0.15) is 0 Å². The maximum absolute atomic E-state index is 13.0. The number of anilines is 1. The highest BCUT2D eigenvalue weighted by Gasteiger charge is 2.33. The number of hydrogen-bond donors (Lipinski definition) is 1. The van der Waals surface area contributed by atoms with Crippen molar-refractivity contribution >= 4 is 23.5 Å². The summed E-state index contributed by atoms with van der Waals surface area (Å²) in [5.74, 6) is 3.50. The van der Waals surface area contributed by atoms with Crippen LogP contribution in [0.3, 0.4) is 0 Å². The number of methoxy groups -OCH3 is 4. The van der Waals surface area contributed by atoms with E-state index < -0.39 is 0 Å². The van der Waals surface area contributed by atoms with Gasteiger partial charge in [0.2, 0.25) is 0 Å². The fraction of sp³-hybridized carbons (Fsp3) is 0.350. The van der Waals surface area contributed by atoms with Gasteiger partial charge in [0, 0.05) is 41.7 Å². The number of nitrogens with one attached hydrogen (secondary N) is 1. The summed E-state index contributed by atoms with van der Waals surface area (Å²) in [5, 5.41) is 2.77. The van der Waals surface area contributed by atoms with Crippen LogP contribution in [0.2, 0.25) is 0 Å². The van der Waals surface area contributed by atoms with Crippen LogP contribution in [0.25, 0.3) is 0 Å². The van der Waals surface area contributed by atoms with Crippen LogP contribution in [0.5, 0.6) is 23.0 Å². The van der Waals surface area contributed by atoms with Gasteiger partial charge in [-0.15, -0.1) is 11.8 Å². The lowest BCUT2D eigenvalue weighted by atomic mass is 10.1. The van der Waals surface area contributed by atoms with Crippen LogP contribution < -0.4 is 24.3 Å². The summed E-state index contributed by atoms with van der Waals surface area (Å²) in [6, 6.07) is 10.7. The number of ether oxygens (including phenoxy) is 4. The van der Waals surface area contributed by atoms with E-state index in [0.717, 1.165) is 22.8 Å². The zero-order valence-corrected chi connectivity index (χ0v) is 17.2. The van der Waals surface area contributed by atoms with Gasteiger partial charge in [-0.1, -0.05) is 0 Å². The number of urea groups is 1. The van der Waals surface area contributed by atoms with Gasteiger partial charge >= 0.3 is 6.03 Å². The lowest BCUT2D eigenvalue weighted by Crippen LogP contribution is -2.34. The summed E-state index contributed by atoms with van der Waals surface area (Å²) in [5.41, 5.74) is 1.51. The largest absolute Gasteiger partial charge is 0.497 e. The molecule has 0 radical (unpaired) electrons. The van der Waals surface area contributed by atoms with Gasteiger partial charge in [0.15, 0.2) is 0 Å². The predicted molar refractivity (Wildman–Crippen MR) is 110 cm³/mol. The van der Waals surface area contributed by atoms with Gasteiger partial charge in [-0.25, -0.2) is 4.79 Å². The molecule has 3 rings (SSSR count). The first-order valence-corrected chi connectivity index (χ1v) is 9.78. The Hall–Kier alpha value is -2.74. The van der Waals surface area contributed by atoms with Crippen molar-refractivity contribution in [3.8, 4) is 23.0 Å². The Labute approximate surface area is 168 Å². The number of carbonyl (C=O) groups excluding carboxylic acids is 1. The van der Waals surface area contributed by atoms with Crippen LogP contribution in [0.15, 0.2) is 36.4 Å². The average molecular weight is 404 g/mol. The lowest BCUT2D eigenvalue weighted by Gasteiger charge is -2.26. The molecule has 0 aromatic heterocycles. The van der Waals surface area contributed by atoms with Crippen molar-refractivity contribution in [1.82, 2.24) is 4.90 Å². The van der Waals surface area contributed by atoms with E-state index in [1.54, 1.807) is 63.3 Å². The number of carbonyl (C=O) groups is 1. The van der Waals surface area contributed by atoms with E-state index in [1.807, 2.05) is 18.2 Å². The smallest absolute Gasteiger partial charge is 0.323 e. The quantitative estimate of drug-likeness (QED) is 0.785. The number of hydrogen-bond acceptors (Lipinski definition) is 6. The van der Waals surface area contributed by atoms with Crippen LogP contribution in [0, 0.1) is 0 Å². The Bertz CT molecular complexity index is 823. The molecule has 0 aliphatic carbocycles. The van der Waals surface area contributed by atoms with Crippen LogP contribution in [0.4, 0.5) is 10.5 Å². The maximum Gasteiger partial charge on any atom is 0.323 e. The SMILES string of the molecule is COc1cc(NC(=O)N2CCSC2c2cc(OC)ccc2OC)cc(OC)c1. The first kappa shape index (κ1) is 20.0. The highest BCUT2D eigenvalue weighted by Crippen LogP contribution is 2.43. The fourth-order valence-electron chi connectivity index (χ4n) is 3.04. The molecule has 1 aliphatic rings. The second-order valence-corrected chi connectivity index (χ2v) is 7.24. The summed E-state index contributed by atoms with van der Waals surface area (Å²) >= 11 is 1.69. The van der Waals surface area contributed by atoms with Crippen molar-refractivity contribution in [2.45, 2.75) is 5.37 Å². The Morgan fingerprint density at radius 3 is 2.25 bits per heavy atom. The van der Waals surface area contributed by atoms with Gasteiger partial charge < -0.3 is 29.2 Å². The van der Waals surface area contributed by atoms with E-state index in [4.69, 9.17) is 18.9 Å². The van der Waals surface area contributed by atoms with E-state index in [1.165, 1.54) is 0 Å². The molecule has 8 heteroatoms. The lowest BCUT2D eigenvalue weighted by molar-refractivity contribution is 0.213. The highest BCUT2D eigenvalue weighted by atomic mass is 32.2. The number of benzene rings is 2. The average Bonchev–Trinajstić information content (AvgIpc) is 3.22. The second-order valence-electron chi connectivity index (χ2n) is 6.06. The summed E-state index contributed by atoms with van der Waals surface area (Å²) in [6.45, 7) is 0.628. The summed E-state index contributed by atoms with van der Waals surface area (Å²) in [6.07, 6.45) is 0. The predicted octanol–water partition coefficient (Wildman–Crippen LogP) is 4.00. The number of rotatable bonds is 6. The third-order valence-electron chi connectivity index (χ3n) is 4.46. The van der Waals surface area contributed by atoms with Gasteiger partial charge in [0.05, 0.1) is 28.4 Å². The van der Waals surface area contributed by atoms with E-state index in [9.17, 15) is 4.79 Å². The van der Waals surface area contributed by atoms with E-state index >= 15 is 0 Å². The third kappa shape index (κ3) is 4.22. The molecule has 1 heterocycles. The van der Waals surface area contributed by atoms with Crippen LogP contribution >= 0.6 is 11.8 Å². The molecule has 2 aromatic carbocycles. The van der Waals surface area contributed by atoms with Crippen molar-refractivity contribution in [3.63, 3.8) is 0 Å². The van der Waals surface area contributed by atoms with E-state index in [2.05, 4.69) is 5.32 Å². The molecule has 28 heavy (non-hydrogen) atoms. The topological polar surface area (TPSA) is 69.3 Å². The van der Waals surface area contributed by atoms with Crippen molar-refractivity contribution in [2.24, 2.45) is 0 Å². The van der Waals surface area contributed by atoms with Gasteiger partial charge in [0.1, 0.15) is 28.4 Å². The molecule has 2 amide bonds. The molecule has 1 saturated heterocycles. The molecular formula is C20H24N2O5S. The van der Waals surface area contributed by atoms with Crippen molar-refractivity contribution < 1.29 is 23.7 Å². The van der Waals surface area contributed by atoms with Crippen LogP contribution in [0.1, 0.15) is 10.9 Å². The first-order valence-electron chi connectivity index (χ1n) is 8.73. The van der Waals surface area contributed by atoms with E-state index in [-0.39, 0.29) is 11.4 Å². The van der Waals surface area contributed by atoms with E-state index in [0.29, 0.717) is 23.7 Å². The molecule has 0 spiro atoms. The minimum Gasteiger partial charge on any atom is -0.497 e. The molecule has 1 fully saturated rings. The van der Waals surface area contributed by atoms with Gasteiger partial charge in [0.25, 0.3) is 0 Å². The molecule has 1 N–H and O–H groups in total. The van der Waals surface area contributed by atoms with Gasteiger partial charge in [-0.05, 0) is 18.2 Å². The minimum absolute atomic E-state index is 0.169. The standard InChI is InChI=1S/C20H24N2O5S/c1-24-14-5-6-18(27-4)17(12-14)19-22(7-8-28-19)20(23)21-13-9-15(25-2)11-16(10-13)26-3/h5-6,9-12,19H,7-8H2,1-4H3,(H,21,23). The summed E-state index contributed by atoms with van der Waals surface area (Å²) in [4.78, 5) is 14.8. The summed E-state index contributed by atoms with van der Waals surface area (Å²) < 4.78 is 21.4. The summed E-state index contributed by atoms with van der Waals surface area (Å²) in [7, 11) is 6.39. The minimum atomic E-state index is -0.199. The molecular weight excluding hydrogens is 380 g/mol. The molecule has 150 valence electrons. The highest BCUT2D eigenvalue weighted by molar-refractivity contribution is 7.99. The fourth-order valence-corrected chi connectivity index (χ4v) is 4.31. The molecule has 1 aliphatic heterocycles. The van der Waals surface area contributed by atoms with Crippen LogP contribution in [-0.2, 0) is 0 Å². The molecule has 0 bridgehead atoms.